The van der Waals surface area contributed by atoms with Crippen molar-refractivity contribution in [2.75, 3.05) is 0 Å². The van der Waals surface area contributed by atoms with Gasteiger partial charge < -0.3 is 0 Å². The molecule has 0 spiro atoms. The van der Waals surface area contributed by atoms with E-state index in [1.807, 2.05) is 98.1 Å². The topological polar surface area (TPSA) is 77.3 Å². The first kappa shape index (κ1) is 31.3. The molecule has 10 aromatic rings. The second-order valence-corrected chi connectivity index (χ2v) is 13.3. The number of rotatable bonds is 6. The van der Waals surface area contributed by atoms with Crippen LogP contribution < -0.4 is 0 Å². The third-order valence-electron chi connectivity index (χ3n) is 10.0. The summed E-state index contributed by atoms with van der Waals surface area (Å²) < 4.78 is 0. The molecule has 0 N–H and O–H groups in total. The fourth-order valence-corrected chi connectivity index (χ4v) is 7.35. The van der Waals surface area contributed by atoms with Gasteiger partial charge in [0, 0.05) is 83.0 Å². The molecule has 0 aliphatic heterocycles. The minimum atomic E-state index is 0.857. The van der Waals surface area contributed by atoms with Gasteiger partial charge in [-0.1, -0.05) is 60.7 Å². The Morgan fingerprint density at radius 2 is 0.667 bits per heavy atom. The number of pyridine rings is 6. The van der Waals surface area contributed by atoms with Gasteiger partial charge in [0.25, 0.3) is 0 Å². The lowest BCUT2D eigenvalue weighted by Gasteiger charge is -2.14. The smallest absolute Gasteiger partial charge is 0.0724 e. The van der Waals surface area contributed by atoms with Gasteiger partial charge in [-0.05, 0) is 116 Å². The zero-order valence-corrected chi connectivity index (χ0v) is 29.0. The molecule has 0 radical (unpaired) electrons. The van der Waals surface area contributed by atoms with Crippen molar-refractivity contribution in [1.29, 1.82) is 0 Å². The predicted molar refractivity (Wildman–Crippen MR) is 218 cm³/mol. The van der Waals surface area contributed by atoms with Crippen LogP contribution in [-0.4, -0.2) is 29.9 Å². The van der Waals surface area contributed by atoms with E-state index >= 15 is 0 Å². The average molecular weight is 691 g/mol. The Morgan fingerprint density at radius 1 is 0.241 bits per heavy atom. The first-order valence-corrected chi connectivity index (χ1v) is 17.8. The van der Waals surface area contributed by atoms with E-state index in [9.17, 15) is 0 Å². The highest BCUT2D eigenvalue weighted by molar-refractivity contribution is 6.26. The van der Waals surface area contributed by atoms with E-state index < -0.39 is 0 Å². The molecule has 0 fully saturated rings. The third kappa shape index (κ3) is 5.72. The van der Waals surface area contributed by atoms with Crippen molar-refractivity contribution in [1.82, 2.24) is 29.9 Å². The Balaban J connectivity index is 1.04. The number of fused-ring (bicyclic) bond motifs is 6. The minimum absolute atomic E-state index is 0.857. The van der Waals surface area contributed by atoms with Gasteiger partial charge >= 0.3 is 0 Å². The zero-order chi connectivity index (χ0) is 35.8. The summed E-state index contributed by atoms with van der Waals surface area (Å²) >= 11 is 0. The summed E-state index contributed by atoms with van der Waals surface area (Å²) in [5.74, 6) is 0. The molecule has 0 atom stereocenters. The standard InChI is InChI=1S/C48H30N6/c1-2-8-40-39(7-1)43-23-31(35-21-37(29-49-27-35)47-25-33(15-19-53-47)45-9-3-5-17-51-45)11-13-41(43)42-14-12-32(24-44(40)42)36-22-38(30-50-28-36)48-26-34(16-20-54-48)46-10-4-6-18-52-46/h1-30H. The molecule has 0 bridgehead atoms. The molecular formula is C48H30N6. The molecule has 10 rings (SSSR count). The molecular weight excluding hydrogens is 661 g/mol. The first-order chi connectivity index (χ1) is 26.7. The normalized spacial score (nSPS) is 11.3. The molecule has 6 heterocycles. The highest BCUT2D eigenvalue weighted by Gasteiger charge is 2.14. The zero-order valence-electron chi connectivity index (χ0n) is 29.0. The van der Waals surface area contributed by atoms with E-state index in [2.05, 4.69) is 115 Å². The second-order valence-electron chi connectivity index (χ2n) is 13.3. The summed E-state index contributed by atoms with van der Waals surface area (Å²) in [6.45, 7) is 0. The molecule has 4 aromatic carbocycles. The lowest BCUT2D eigenvalue weighted by Crippen LogP contribution is -1.90. The molecule has 0 aliphatic rings. The van der Waals surface area contributed by atoms with Crippen LogP contribution in [0.2, 0.25) is 0 Å². The SMILES string of the molecule is c1ccc(-c2ccnc(-c3cncc(-c4ccc5c6ccc(-c7cncc(-c8cc(-c9ccccn9)ccn8)c7)cc6c6ccccc6c5c4)c3)c2)nc1. The maximum Gasteiger partial charge on any atom is 0.0724 e. The molecule has 54 heavy (non-hydrogen) atoms. The van der Waals surface area contributed by atoms with Crippen LogP contribution in [0.25, 0.3) is 99.6 Å². The lowest BCUT2D eigenvalue weighted by atomic mass is 9.90. The number of nitrogens with zero attached hydrogens (tertiary/aromatic N) is 6. The van der Waals surface area contributed by atoms with Crippen LogP contribution in [-0.2, 0) is 0 Å². The number of benzene rings is 4. The molecule has 252 valence electrons. The average Bonchev–Trinajstić information content (AvgIpc) is 3.27. The maximum absolute atomic E-state index is 4.68. The van der Waals surface area contributed by atoms with Crippen molar-refractivity contribution in [3.8, 4) is 67.3 Å². The predicted octanol–water partition coefficient (Wildman–Crippen LogP) is 11.5. The second kappa shape index (κ2) is 13.3. The minimum Gasteiger partial charge on any atom is -0.263 e. The Bertz CT molecular complexity index is 2770. The van der Waals surface area contributed by atoms with Crippen molar-refractivity contribution in [2.24, 2.45) is 0 Å². The van der Waals surface area contributed by atoms with Crippen LogP contribution in [0.4, 0.5) is 0 Å². The summed E-state index contributed by atoms with van der Waals surface area (Å²) in [5, 5.41) is 7.22. The fraction of sp³-hybridized carbons (Fsp3) is 0. The summed E-state index contributed by atoms with van der Waals surface area (Å²) in [4.78, 5) is 27.7. The van der Waals surface area contributed by atoms with Gasteiger partial charge in [0.1, 0.15) is 0 Å². The lowest BCUT2D eigenvalue weighted by molar-refractivity contribution is 1.26. The van der Waals surface area contributed by atoms with Crippen LogP contribution in [0.1, 0.15) is 0 Å². The number of hydrogen-bond acceptors (Lipinski definition) is 6. The fourth-order valence-electron chi connectivity index (χ4n) is 7.35. The highest BCUT2D eigenvalue weighted by atomic mass is 14.7. The Kier molecular flexibility index (Phi) is 7.69. The molecule has 0 saturated heterocycles. The van der Waals surface area contributed by atoms with E-state index in [0.717, 1.165) is 67.3 Å². The summed E-state index contributed by atoms with van der Waals surface area (Å²) in [5.41, 5.74) is 11.8. The molecule has 0 saturated carbocycles. The van der Waals surface area contributed by atoms with E-state index in [1.54, 1.807) is 0 Å². The Labute approximate surface area is 311 Å². The van der Waals surface area contributed by atoms with Gasteiger partial charge in [-0.2, -0.15) is 0 Å². The number of aromatic nitrogens is 6. The number of hydrogen-bond donors (Lipinski definition) is 0. The third-order valence-corrected chi connectivity index (χ3v) is 10.0. The summed E-state index contributed by atoms with van der Waals surface area (Å²) in [6.07, 6.45) is 14.9. The first-order valence-electron chi connectivity index (χ1n) is 17.8. The Hall–Kier alpha value is -7.44. The molecule has 6 nitrogen and oxygen atoms in total. The summed E-state index contributed by atoms with van der Waals surface area (Å²) in [7, 11) is 0. The summed E-state index contributed by atoms with van der Waals surface area (Å²) in [6, 6.07) is 46.5. The van der Waals surface area contributed by atoms with Crippen LogP contribution in [0, 0.1) is 0 Å². The quantitative estimate of drug-likeness (QED) is 0.162. The van der Waals surface area contributed by atoms with Crippen LogP contribution in [0.5, 0.6) is 0 Å². The van der Waals surface area contributed by atoms with Gasteiger partial charge in [-0.3, -0.25) is 29.9 Å². The van der Waals surface area contributed by atoms with Crippen molar-refractivity contribution in [3.05, 3.63) is 183 Å². The van der Waals surface area contributed by atoms with Crippen molar-refractivity contribution < 1.29 is 0 Å². The molecule has 6 heteroatoms. The van der Waals surface area contributed by atoms with E-state index in [1.165, 1.54) is 32.3 Å². The molecule has 0 aliphatic carbocycles. The largest absolute Gasteiger partial charge is 0.263 e. The Morgan fingerprint density at radius 3 is 1.13 bits per heavy atom. The highest BCUT2D eigenvalue weighted by Crippen LogP contribution is 2.39. The van der Waals surface area contributed by atoms with Gasteiger partial charge in [0.05, 0.1) is 22.8 Å². The van der Waals surface area contributed by atoms with Gasteiger partial charge in [-0.15, -0.1) is 0 Å². The molecule has 6 aromatic heterocycles. The van der Waals surface area contributed by atoms with Crippen molar-refractivity contribution >= 4 is 32.3 Å². The maximum atomic E-state index is 4.68. The molecule has 0 amide bonds. The monoisotopic (exact) mass is 690 g/mol. The van der Waals surface area contributed by atoms with Gasteiger partial charge in [0.2, 0.25) is 0 Å². The van der Waals surface area contributed by atoms with Crippen LogP contribution >= 0.6 is 0 Å². The van der Waals surface area contributed by atoms with E-state index in [-0.39, 0.29) is 0 Å². The van der Waals surface area contributed by atoms with Crippen LogP contribution in [0.15, 0.2) is 183 Å². The molecule has 0 unspecified atom stereocenters. The van der Waals surface area contributed by atoms with E-state index in [4.69, 9.17) is 0 Å². The van der Waals surface area contributed by atoms with Crippen molar-refractivity contribution in [3.63, 3.8) is 0 Å². The van der Waals surface area contributed by atoms with Crippen molar-refractivity contribution in [2.45, 2.75) is 0 Å². The van der Waals surface area contributed by atoms with Gasteiger partial charge in [-0.25, -0.2) is 0 Å². The van der Waals surface area contributed by atoms with E-state index in [0.29, 0.717) is 0 Å². The van der Waals surface area contributed by atoms with Gasteiger partial charge in [0.15, 0.2) is 0 Å². The van der Waals surface area contributed by atoms with Crippen LogP contribution in [0.3, 0.4) is 0 Å².